The molecule has 0 aliphatic carbocycles. The maximum Gasteiger partial charge on any atom is 0.410 e. The number of ketones is 1. The van der Waals surface area contributed by atoms with Crippen molar-refractivity contribution in [1.82, 2.24) is 4.90 Å². The molecule has 0 radical (unpaired) electrons. The van der Waals surface area contributed by atoms with Crippen LogP contribution in [-0.2, 0) is 19.1 Å². The molecular formula is C12H19NO5. The number of hydrogen-bond donors (Lipinski definition) is 0. The number of Topliss-reactive ketones (excluding diaryl/α,β-unsaturated/α-hetero) is 1. The molecule has 1 atom stereocenters. The first-order valence-electron chi connectivity index (χ1n) is 5.92. The minimum Gasteiger partial charge on any atom is -0.465 e. The van der Waals surface area contributed by atoms with E-state index < -0.39 is 23.6 Å². The van der Waals surface area contributed by atoms with Gasteiger partial charge in [0.05, 0.1) is 13.2 Å². The lowest BCUT2D eigenvalue weighted by molar-refractivity contribution is -0.149. The maximum atomic E-state index is 11.7. The van der Waals surface area contributed by atoms with Crippen LogP contribution in [0.15, 0.2) is 0 Å². The van der Waals surface area contributed by atoms with Crippen LogP contribution in [0.2, 0.25) is 0 Å². The number of ether oxygens (including phenoxy) is 2. The van der Waals surface area contributed by atoms with E-state index >= 15 is 0 Å². The fourth-order valence-corrected chi connectivity index (χ4v) is 1.60. The van der Waals surface area contributed by atoms with E-state index in [1.54, 1.807) is 27.7 Å². The number of rotatable bonds is 2. The fourth-order valence-electron chi connectivity index (χ4n) is 1.60. The van der Waals surface area contributed by atoms with E-state index in [2.05, 4.69) is 0 Å². The van der Waals surface area contributed by atoms with E-state index in [-0.39, 0.29) is 25.5 Å². The summed E-state index contributed by atoms with van der Waals surface area (Å²) in [7, 11) is 0. The average Bonchev–Trinajstić information content (AvgIpc) is 2.58. The fraction of sp³-hybridized carbons (Fsp3) is 0.750. The van der Waals surface area contributed by atoms with E-state index in [0.717, 1.165) is 0 Å². The van der Waals surface area contributed by atoms with Crippen molar-refractivity contribution in [1.29, 1.82) is 0 Å². The van der Waals surface area contributed by atoms with E-state index in [1.165, 1.54) is 4.90 Å². The third-order valence-electron chi connectivity index (χ3n) is 2.36. The lowest BCUT2D eigenvalue weighted by atomic mass is 10.1. The number of nitrogens with zero attached hydrogens (tertiary/aromatic N) is 1. The van der Waals surface area contributed by atoms with Crippen LogP contribution in [-0.4, -0.2) is 48.0 Å². The molecule has 1 saturated heterocycles. The van der Waals surface area contributed by atoms with Gasteiger partial charge in [0.2, 0.25) is 0 Å². The number of likely N-dealkylation sites (tertiary alicyclic amines) is 1. The van der Waals surface area contributed by atoms with Gasteiger partial charge in [0.1, 0.15) is 11.5 Å². The summed E-state index contributed by atoms with van der Waals surface area (Å²) in [6.45, 7) is 7.05. The Morgan fingerprint density at radius 1 is 1.39 bits per heavy atom. The molecule has 18 heavy (non-hydrogen) atoms. The molecule has 1 aliphatic rings. The summed E-state index contributed by atoms with van der Waals surface area (Å²) in [5.74, 6) is -1.76. The van der Waals surface area contributed by atoms with Crippen molar-refractivity contribution >= 4 is 17.8 Å². The van der Waals surface area contributed by atoms with E-state index in [9.17, 15) is 14.4 Å². The van der Waals surface area contributed by atoms with Gasteiger partial charge in [0.15, 0.2) is 5.78 Å². The highest BCUT2D eigenvalue weighted by molar-refractivity contribution is 6.03. The third-order valence-corrected chi connectivity index (χ3v) is 2.36. The molecule has 0 saturated carbocycles. The molecule has 0 spiro atoms. The molecule has 1 aliphatic heterocycles. The van der Waals surface area contributed by atoms with Crippen molar-refractivity contribution in [3.63, 3.8) is 0 Å². The maximum absolute atomic E-state index is 11.7. The number of carbonyl (C=O) groups excluding carboxylic acids is 3. The number of amides is 1. The molecule has 6 nitrogen and oxygen atoms in total. The largest absolute Gasteiger partial charge is 0.465 e. The average molecular weight is 257 g/mol. The lowest BCUT2D eigenvalue weighted by Crippen LogP contribution is -2.36. The molecule has 1 fully saturated rings. The second-order valence-electron chi connectivity index (χ2n) is 5.13. The second-order valence-corrected chi connectivity index (χ2v) is 5.13. The molecule has 0 aromatic rings. The van der Waals surface area contributed by atoms with Crippen LogP contribution in [0, 0.1) is 5.92 Å². The van der Waals surface area contributed by atoms with Gasteiger partial charge in [-0.05, 0) is 27.7 Å². The molecule has 0 bridgehead atoms. The molecule has 6 heteroatoms. The summed E-state index contributed by atoms with van der Waals surface area (Å²) < 4.78 is 9.93. The zero-order valence-corrected chi connectivity index (χ0v) is 11.2. The van der Waals surface area contributed by atoms with E-state index in [4.69, 9.17) is 9.47 Å². The van der Waals surface area contributed by atoms with Gasteiger partial charge < -0.3 is 9.47 Å². The minimum absolute atomic E-state index is 0.0343. The number of hydrogen-bond acceptors (Lipinski definition) is 5. The quantitative estimate of drug-likeness (QED) is 0.544. The Bertz CT molecular complexity index is 358. The van der Waals surface area contributed by atoms with Crippen LogP contribution in [0.3, 0.4) is 0 Å². The zero-order chi connectivity index (χ0) is 13.9. The molecule has 0 aromatic heterocycles. The Morgan fingerprint density at radius 2 is 2.00 bits per heavy atom. The minimum atomic E-state index is -0.877. The summed E-state index contributed by atoms with van der Waals surface area (Å²) in [5, 5.41) is 0. The molecular weight excluding hydrogens is 238 g/mol. The Hall–Kier alpha value is -1.59. The van der Waals surface area contributed by atoms with E-state index in [0.29, 0.717) is 0 Å². The topological polar surface area (TPSA) is 72.9 Å². The number of esters is 1. The van der Waals surface area contributed by atoms with Gasteiger partial charge in [-0.3, -0.25) is 14.5 Å². The smallest absolute Gasteiger partial charge is 0.410 e. The van der Waals surface area contributed by atoms with Crippen molar-refractivity contribution in [3.05, 3.63) is 0 Å². The van der Waals surface area contributed by atoms with Gasteiger partial charge in [0.25, 0.3) is 0 Å². The predicted molar refractivity (Wildman–Crippen MR) is 62.9 cm³/mol. The van der Waals surface area contributed by atoms with Crippen molar-refractivity contribution in [2.24, 2.45) is 5.92 Å². The molecule has 0 aromatic carbocycles. The Balaban J connectivity index is 2.61. The second kappa shape index (κ2) is 5.37. The van der Waals surface area contributed by atoms with Gasteiger partial charge in [-0.2, -0.15) is 0 Å². The van der Waals surface area contributed by atoms with Crippen molar-refractivity contribution in [2.45, 2.75) is 33.3 Å². The van der Waals surface area contributed by atoms with Gasteiger partial charge >= 0.3 is 12.1 Å². The summed E-state index contributed by atoms with van der Waals surface area (Å²) in [5.41, 5.74) is -0.623. The van der Waals surface area contributed by atoms with Crippen LogP contribution in [0.5, 0.6) is 0 Å². The normalized spacial score (nSPS) is 19.9. The lowest BCUT2D eigenvalue weighted by Gasteiger charge is -2.23. The third kappa shape index (κ3) is 3.72. The van der Waals surface area contributed by atoms with Crippen molar-refractivity contribution in [3.8, 4) is 0 Å². The first-order valence-corrected chi connectivity index (χ1v) is 5.92. The van der Waals surface area contributed by atoms with Crippen LogP contribution in [0.25, 0.3) is 0 Å². The Labute approximate surface area is 106 Å². The Kier molecular flexibility index (Phi) is 4.32. The summed E-state index contributed by atoms with van der Waals surface area (Å²) in [6, 6.07) is 0. The van der Waals surface area contributed by atoms with Crippen LogP contribution in [0.4, 0.5) is 4.79 Å². The molecule has 1 heterocycles. The highest BCUT2D eigenvalue weighted by atomic mass is 16.6. The standard InChI is InChI=1S/C12H19NO5/c1-5-17-10(15)8-6-13(7-9(8)14)11(16)18-12(2,3)4/h8H,5-7H2,1-4H3/t8-/m0/s1. The molecule has 102 valence electrons. The molecule has 0 N–H and O–H groups in total. The SMILES string of the molecule is CCOC(=O)[C@H]1CN(C(=O)OC(C)(C)C)CC1=O. The van der Waals surface area contributed by atoms with Gasteiger partial charge in [-0.15, -0.1) is 0 Å². The van der Waals surface area contributed by atoms with Gasteiger partial charge in [0, 0.05) is 6.54 Å². The summed E-state index contributed by atoms with van der Waals surface area (Å²) >= 11 is 0. The van der Waals surface area contributed by atoms with Crippen LogP contribution in [0.1, 0.15) is 27.7 Å². The predicted octanol–water partition coefficient (Wildman–Crippen LogP) is 0.985. The highest BCUT2D eigenvalue weighted by Crippen LogP contribution is 2.18. The number of carbonyl (C=O) groups is 3. The zero-order valence-electron chi connectivity index (χ0n) is 11.2. The summed E-state index contributed by atoms with van der Waals surface area (Å²) in [6.07, 6.45) is -0.581. The van der Waals surface area contributed by atoms with Gasteiger partial charge in [-0.25, -0.2) is 4.79 Å². The molecule has 1 amide bonds. The van der Waals surface area contributed by atoms with Crippen molar-refractivity contribution in [2.75, 3.05) is 19.7 Å². The first-order chi connectivity index (χ1) is 8.24. The van der Waals surface area contributed by atoms with Crippen LogP contribution >= 0.6 is 0 Å². The first kappa shape index (κ1) is 14.5. The highest BCUT2D eigenvalue weighted by Gasteiger charge is 2.40. The molecule has 1 rings (SSSR count). The van der Waals surface area contributed by atoms with E-state index in [1.807, 2.05) is 0 Å². The van der Waals surface area contributed by atoms with Crippen LogP contribution < -0.4 is 0 Å². The van der Waals surface area contributed by atoms with Gasteiger partial charge in [-0.1, -0.05) is 0 Å². The summed E-state index contributed by atoms with van der Waals surface area (Å²) in [4.78, 5) is 36.1. The van der Waals surface area contributed by atoms with Crippen molar-refractivity contribution < 1.29 is 23.9 Å². The monoisotopic (exact) mass is 257 g/mol. The molecule has 0 unspecified atom stereocenters. The Morgan fingerprint density at radius 3 is 2.50 bits per heavy atom.